The molecule has 5 heteroatoms. The summed E-state index contributed by atoms with van der Waals surface area (Å²) in [6.07, 6.45) is 0. The number of aromatic nitrogens is 4. The largest absolute Gasteiger partial charge is 0.278 e. The van der Waals surface area contributed by atoms with Crippen LogP contribution in [0.5, 0.6) is 0 Å². The number of hydrogen-bond donors (Lipinski definition) is 0. The lowest BCUT2D eigenvalue weighted by atomic mass is 9.99. The summed E-state index contributed by atoms with van der Waals surface area (Å²) in [6, 6.07) is 60.2. The van der Waals surface area contributed by atoms with Crippen LogP contribution in [-0.4, -0.2) is 19.5 Å². The Balaban J connectivity index is 1.25. The van der Waals surface area contributed by atoms with Crippen molar-refractivity contribution < 1.29 is 0 Å². The van der Waals surface area contributed by atoms with Crippen LogP contribution in [-0.2, 0) is 0 Å². The highest BCUT2D eigenvalue weighted by atomic mass is 32.1. The number of rotatable bonds is 4. The van der Waals surface area contributed by atoms with Crippen LogP contribution in [0.2, 0.25) is 0 Å². The molecule has 8 aromatic carbocycles. The van der Waals surface area contributed by atoms with Gasteiger partial charge in [0.05, 0.1) is 11.0 Å². The van der Waals surface area contributed by atoms with Gasteiger partial charge in [-0.25, -0.2) is 4.98 Å². The van der Waals surface area contributed by atoms with Crippen molar-refractivity contribution >= 4 is 74.9 Å². The van der Waals surface area contributed by atoms with Crippen molar-refractivity contribution in [3.63, 3.8) is 0 Å². The van der Waals surface area contributed by atoms with E-state index in [9.17, 15) is 0 Å². The van der Waals surface area contributed by atoms with E-state index in [1.807, 2.05) is 47.7 Å². The fraction of sp³-hybridized carbons (Fsp3) is 0. The predicted molar refractivity (Wildman–Crippen MR) is 218 cm³/mol. The van der Waals surface area contributed by atoms with Gasteiger partial charge in [-0.15, -0.1) is 11.3 Å². The standard InChI is InChI=1S/C47H28N4S/c1-3-14-31(15-4-1)45-48-46(32-16-5-2-6-17-32)50-47(49-45)51-39-26-24-30-13-9-10-19-35(30)41(39)42-40(51)27-25-38-37-21-11-20-36(43(37)52-44(38)42)34-23-22-29-12-7-8-18-33(29)28-34/h1-28H. The molecule has 11 rings (SSSR count). The quantitative estimate of drug-likeness (QED) is 0.186. The number of nitrogens with zero attached hydrogens (tertiary/aromatic N) is 4. The first-order chi connectivity index (χ1) is 25.8. The van der Waals surface area contributed by atoms with E-state index in [1.54, 1.807) is 0 Å². The van der Waals surface area contributed by atoms with E-state index in [0.29, 0.717) is 17.6 Å². The van der Waals surface area contributed by atoms with Crippen molar-refractivity contribution in [1.82, 2.24) is 19.5 Å². The van der Waals surface area contributed by atoms with Gasteiger partial charge >= 0.3 is 0 Å². The first-order valence-electron chi connectivity index (χ1n) is 17.5. The van der Waals surface area contributed by atoms with Crippen molar-refractivity contribution in [3.05, 3.63) is 170 Å². The SMILES string of the molecule is c1ccc(-c2nc(-c3ccccc3)nc(-n3c4ccc5ccccc5c4c4c5sc6c(-c7ccc8ccccc8c7)cccc6c5ccc43)n2)cc1. The zero-order chi connectivity index (χ0) is 34.2. The van der Waals surface area contributed by atoms with Gasteiger partial charge in [-0.05, 0) is 50.9 Å². The van der Waals surface area contributed by atoms with Crippen LogP contribution in [0.3, 0.4) is 0 Å². The molecule has 0 unspecified atom stereocenters. The second-order valence-electron chi connectivity index (χ2n) is 13.2. The third-order valence-corrected chi connectivity index (χ3v) is 11.5. The molecule has 0 N–H and O–H groups in total. The maximum Gasteiger partial charge on any atom is 0.238 e. The summed E-state index contributed by atoms with van der Waals surface area (Å²) in [4.78, 5) is 15.4. The van der Waals surface area contributed by atoms with Gasteiger partial charge in [0.15, 0.2) is 11.6 Å². The van der Waals surface area contributed by atoms with Gasteiger partial charge in [0.2, 0.25) is 5.95 Å². The summed E-state index contributed by atoms with van der Waals surface area (Å²) in [5.74, 6) is 1.88. The number of thiophene rings is 1. The van der Waals surface area contributed by atoms with Gasteiger partial charge in [0.1, 0.15) is 0 Å². The third kappa shape index (κ3) is 4.43. The Morgan fingerprint density at radius 1 is 0.385 bits per heavy atom. The molecule has 52 heavy (non-hydrogen) atoms. The minimum atomic E-state index is 0.598. The Morgan fingerprint density at radius 3 is 1.75 bits per heavy atom. The van der Waals surface area contributed by atoms with Crippen LogP contribution in [0.15, 0.2) is 170 Å². The summed E-state index contributed by atoms with van der Waals surface area (Å²) < 4.78 is 4.80. The van der Waals surface area contributed by atoms with Crippen LogP contribution in [0, 0.1) is 0 Å². The summed E-state index contributed by atoms with van der Waals surface area (Å²) in [5, 5.41) is 9.87. The lowest BCUT2D eigenvalue weighted by Crippen LogP contribution is -2.06. The fourth-order valence-corrected chi connectivity index (χ4v) is 9.20. The van der Waals surface area contributed by atoms with E-state index in [4.69, 9.17) is 15.0 Å². The highest BCUT2D eigenvalue weighted by Gasteiger charge is 2.23. The van der Waals surface area contributed by atoms with Gasteiger partial charge in [0, 0.05) is 42.1 Å². The zero-order valence-corrected chi connectivity index (χ0v) is 28.7. The highest BCUT2D eigenvalue weighted by molar-refractivity contribution is 7.27. The summed E-state index contributed by atoms with van der Waals surface area (Å²) in [5.41, 5.74) is 6.51. The van der Waals surface area contributed by atoms with Crippen molar-refractivity contribution in [2.45, 2.75) is 0 Å². The maximum atomic E-state index is 5.20. The smallest absolute Gasteiger partial charge is 0.238 e. The summed E-state index contributed by atoms with van der Waals surface area (Å²) in [6.45, 7) is 0. The maximum absolute atomic E-state index is 5.20. The van der Waals surface area contributed by atoms with Crippen molar-refractivity contribution in [2.75, 3.05) is 0 Å². The van der Waals surface area contributed by atoms with Gasteiger partial charge in [-0.1, -0.05) is 152 Å². The van der Waals surface area contributed by atoms with E-state index >= 15 is 0 Å². The predicted octanol–water partition coefficient (Wildman–Crippen LogP) is 12.6. The number of hydrogen-bond acceptors (Lipinski definition) is 4. The van der Waals surface area contributed by atoms with Crippen molar-refractivity contribution in [3.8, 4) is 39.9 Å². The molecular formula is C47H28N4S. The molecule has 0 saturated heterocycles. The Morgan fingerprint density at radius 2 is 0.981 bits per heavy atom. The van der Waals surface area contributed by atoms with E-state index in [0.717, 1.165) is 22.2 Å². The van der Waals surface area contributed by atoms with E-state index < -0.39 is 0 Å². The molecule has 0 spiro atoms. The molecule has 4 nitrogen and oxygen atoms in total. The molecule has 242 valence electrons. The van der Waals surface area contributed by atoms with Gasteiger partial charge < -0.3 is 0 Å². The Kier molecular flexibility index (Phi) is 6.39. The lowest BCUT2D eigenvalue weighted by Gasteiger charge is -2.11. The molecular weight excluding hydrogens is 653 g/mol. The molecule has 0 aliphatic carbocycles. The lowest BCUT2D eigenvalue weighted by molar-refractivity contribution is 0.954. The Labute approximate surface area is 302 Å². The monoisotopic (exact) mass is 680 g/mol. The first-order valence-corrected chi connectivity index (χ1v) is 18.3. The topological polar surface area (TPSA) is 43.6 Å². The van der Waals surface area contributed by atoms with Crippen LogP contribution < -0.4 is 0 Å². The molecule has 11 aromatic rings. The second kappa shape index (κ2) is 11.4. The molecule has 3 aromatic heterocycles. The van der Waals surface area contributed by atoms with E-state index in [-0.39, 0.29) is 0 Å². The van der Waals surface area contributed by atoms with Gasteiger partial charge in [-0.3, -0.25) is 4.57 Å². The number of benzene rings is 8. The molecule has 0 fully saturated rings. The average molecular weight is 681 g/mol. The minimum absolute atomic E-state index is 0.598. The van der Waals surface area contributed by atoms with Gasteiger partial charge in [-0.2, -0.15) is 9.97 Å². The van der Waals surface area contributed by atoms with Crippen molar-refractivity contribution in [2.24, 2.45) is 0 Å². The van der Waals surface area contributed by atoms with Crippen LogP contribution in [0.25, 0.3) is 103 Å². The molecule has 0 radical (unpaired) electrons. The number of fused-ring (bicyclic) bond motifs is 10. The molecule has 3 heterocycles. The van der Waals surface area contributed by atoms with Gasteiger partial charge in [0.25, 0.3) is 0 Å². The first kappa shape index (κ1) is 29.1. The van der Waals surface area contributed by atoms with Crippen LogP contribution in [0.1, 0.15) is 0 Å². The highest BCUT2D eigenvalue weighted by Crippen LogP contribution is 2.47. The second-order valence-corrected chi connectivity index (χ2v) is 14.2. The Bertz CT molecular complexity index is 3120. The minimum Gasteiger partial charge on any atom is -0.278 e. The summed E-state index contributed by atoms with van der Waals surface area (Å²) in [7, 11) is 0. The summed E-state index contributed by atoms with van der Waals surface area (Å²) >= 11 is 1.88. The fourth-order valence-electron chi connectivity index (χ4n) is 7.82. The molecule has 0 aliphatic heterocycles. The molecule has 0 amide bonds. The van der Waals surface area contributed by atoms with E-state index in [1.165, 1.54) is 63.6 Å². The zero-order valence-electron chi connectivity index (χ0n) is 27.9. The molecule has 0 atom stereocenters. The molecule has 0 aliphatic rings. The van der Waals surface area contributed by atoms with Crippen LogP contribution >= 0.6 is 11.3 Å². The van der Waals surface area contributed by atoms with Crippen molar-refractivity contribution in [1.29, 1.82) is 0 Å². The van der Waals surface area contributed by atoms with Crippen LogP contribution in [0.4, 0.5) is 0 Å². The van der Waals surface area contributed by atoms with E-state index in [2.05, 4.69) is 138 Å². The normalized spacial score (nSPS) is 11.8. The average Bonchev–Trinajstić information content (AvgIpc) is 3.77. The Hall–Kier alpha value is -6.69. The third-order valence-electron chi connectivity index (χ3n) is 10.2. The molecule has 0 saturated carbocycles. The molecule has 0 bridgehead atoms.